The van der Waals surface area contributed by atoms with E-state index in [4.69, 9.17) is 0 Å². The molecular formula is C10H20N2. The minimum Gasteiger partial charge on any atom is -0.298 e. The molecule has 2 aliphatic heterocycles. The Balaban J connectivity index is 1.94. The molecule has 1 unspecified atom stereocenters. The van der Waals surface area contributed by atoms with Crippen LogP contribution in [0.5, 0.6) is 0 Å². The van der Waals surface area contributed by atoms with Gasteiger partial charge in [0.1, 0.15) is 0 Å². The smallest absolute Gasteiger partial charge is 0.0236 e. The molecule has 0 aromatic heterocycles. The fraction of sp³-hybridized carbons (Fsp3) is 1.00. The first-order chi connectivity index (χ1) is 5.57. The van der Waals surface area contributed by atoms with Gasteiger partial charge < -0.3 is 0 Å². The van der Waals surface area contributed by atoms with Gasteiger partial charge in [-0.15, -0.1) is 0 Å². The Kier molecular flexibility index (Phi) is 1.92. The summed E-state index contributed by atoms with van der Waals surface area (Å²) in [6.07, 6.45) is 1.42. The predicted octanol–water partition coefficient (Wildman–Crippen LogP) is 1.17. The van der Waals surface area contributed by atoms with Crippen molar-refractivity contribution in [3.8, 4) is 0 Å². The molecule has 2 saturated heterocycles. The van der Waals surface area contributed by atoms with Crippen LogP contribution in [-0.2, 0) is 0 Å². The Labute approximate surface area is 75.5 Å². The fourth-order valence-electron chi connectivity index (χ4n) is 2.20. The van der Waals surface area contributed by atoms with E-state index in [-0.39, 0.29) is 0 Å². The van der Waals surface area contributed by atoms with Crippen LogP contribution >= 0.6 is 0 Å². The van der Waals surface area contributed by atoms with Crippen molar-refractivity contribution < 1.29 is 0 Å². The molecule has 0 spiro atoms. The molecule has 2 fully saturated rings. The van der Waals surface area contributed by atoms with Crippen molar-refractivity contribution in [2.45, 2.75) is 38.8 Å². The second-order valence-electron chi connectivity index (χ2n) is 5.10. The molecule has 2 nitrogen and oxygen atoms in total. The number of rotatable bonds is 0. The fourth-order valence-corrected chi connectivity index (χ4v) is 2.20. The molecule has 2 aliphatic rings. The molecule has 12 heavy (non-hydrogen) atoms. The third-order valence-electron chi connectivity index (χ3n) is 3.30. The molecule has 0 aliphatic carbocycles. The van der Waals surface area contributed by atoms with Gasteiger partial charge in [0.05, 0.1) is 0 Å². The van der Waals surface area contributed by atoms with Gasteiger partial charge in [-0.1, -0.05) is 0 Å². The van der Waals surface area contributed by atoms with Gasteiger partial charge in [0.15, 0.2) is 0 Å². The maximum absolute atomic E-state index is 2.62. The maximum atomic E-state index is 2.62. The third-order valence-corrected chi connectivity index (χ3v) is 3.30. The monoisotopic (exact) mass is 168 g/mol. The SMILES string of the molecule is CC(C)(C)N1CCN2CCC2C1. The van der Waals surface area contributed by atoms with Crippen molar-refractivity contribution in [2.24, 2.45) is 0 Å². The van der Waals surface area contributed by atoms with E-state index in [2.05, 4.69) is 30.6 Å². The van der Waals surface area contributed by atoms with Crippen LogP contribution < -0.4 is 0 Å². The number of fused-ring (bicyclic) bond motifs is 1. The van der Waals surface area contributed by atoms with Crippen molar-refractivity contribution in [2.75, 3.05) is 26.2 Å². The number of piperazine rings is 1. The van der Waals surface area contributed by atoms with Crippen molar-refractivity contribution in [3.63, 3.8) is 0 Å². The quantitative estimate of drug-likeness (QED) is 0.536. The van der Waals surface area contributed by atoms with Gasteiger partial charge in [-0.05, 0) is 27.2 Å². The van der Waals surface area contributed by atoms with E-state index in [0.717, 1.165) is 6.04 Å². The highest BCUT2D eigenvalue weighted by atomic mass is 15.3. The lowest BCUT2D eigenvalue weighted by Crippen LogP contribution is -2.63. The van der Waals surface area contributed by atoms with Crippen molar-refractivity contribution in [1.82, 2.24) is 9.80 Å². The van der Waals surface area contributed by atoms with Gasteiger partial charge in [0.2, 0.25) is 0 Å². The topological polar surface area (TPSA) is 6.48 Å². The molecular weight excluding hydrogens is 148 g/mol. The number of hydrogen-bond acceptors (Lipinski definition) is 2. The predicted molar refractivity (Wildman–Crippen MR) is 51.3 cm³/mol. The molecule has 0 aromatic carbocycles. The molecule has 0 saturated carbocycles. The first kappa shape index (κ1) is 8.52. The molecule has 0 aromatic rings. The Morgan fingerprint density at radius 3 is 2.25 bits per heavy atom. The molecule has 0 N–H and O–H groups in total. The molecule has 0 radical (unpaired) electrons. The van der Waals surface area contributed by atoms with Crippen LogP contribution in [0.3, 0.4) is 0 Å². The normalized spacial score (nSPS) is 32.8. The highest BCUT2D eigenvalue weighted by Gasteiger charge is 2.36. The van der Waals surface area contributed by atoms with Gasteiger partial charge in [-0.3, -0.25) is 9.80 Å². The largest absolute Gasteiger partial charge is 0.298 e. The third kappa shape index (κ3) is 1.38. The summed E-state index contributed by atoms with van der Waals surface area (Å²) in [5.41, 5.74) is 0.377. The van der Waals surface area contributed by atoms with E-state index < -0.39 is 0 Å². The summed E-state index contributed by atoms with van der Waals surface area (Å²) in [4.78, 5) is 5.23. The first-order valence-corrected chi connectivity index (χ1v) is 5.06. The van der Waals surface area contributed by atoms with Gasteiger partial charge >= 0.3 is 0 Å². The van der Waals surface area contributed by atoms with Crippen molar-refractivity contribution >= 4 is 0 Å². The van der Waals surface area contributed by atoms with Crippen LogP contribution in [0.15, 0.2) is 0 Å². The zero-order chi connectivity index (χ0) is 8.77. The van der Waals surface area contributed by atoms with Crippen LogP contribution in [0.2, 0.25) is 0 Å². The molecule has 0 amide bonds. The maximum Gasteiger partial charge on any atom is 0.0236 e. The molecule has 2 heterocycles. The van der Waals surface area contributed by atoms with E-state index in [1.807, 2.05) is 0 Å². The van der Waals surface area contributed by atoms with E-state index in [1.165, 1.54) is 32.6 Å². The standard InChI is InChI=1S/C10H20N2/c1-10(2,3)12-7-6-11-5-4-9(11)8-12/h9H,4-8H2,1-3H3. The Morgan fingerprint density at radius 2 is 1.83 bits per heavy atom. The van der Waals surface area contributed by atoms with Crippen LogP contribution in [0.1, 0.15) is 27.2 Å². The van der Waals surface area contributed by atoms with Crippen LogP contribution in [0, 0.1) is 0 Å². The highest BCUT2D eigenvalue weighted by molar-refractivity contribution is 4.93. The lowest BCUT2D eigenvalue weighted by molar-refractivity contribution is -0.0277. The summed E-state index contributed by atoms with van der Waals surface area (Å²) in [6.45, 7) is 12.2. The van der Waals surface area contributed by atoms with E-state index in [0.29, 0.717) is 5.54 Å². The van der Waals surface area contributed by atoms with Crippen LogP contribution in [0.4, 0.5) is 0 Å². The van der Waals surface area contributed by atoms with Gasteiger partial charge in [0, 0.05) is 37.8 Å². The lowest BCUT2D eigenvalue weighted by atomic mass is 9.95. The molecule has 2 rings (SSSR count). The molecule has 0 bridgehead atoms. The Bertz CT molecular complexity index is 171. The molecule has 2 heteroatoms. The summed E-state index contributed by atoms with van der Waals surface area (Å²) in [6, 6.07) is 0.887. The summed E-state index contributed by atoms with van der Waals surface area (Å²) in [5.74, 6) is 0. The van der Waals surface area contributed by atoms with Crippen LogP contribution in [0.25, 0.3) is 0 Å². The summed E-state index contributed by atoms with van der Waals surface area (Å²) >= 11 is 0. The second kappa shape index (κ2) is 2.71. The zero-order valence-corrected chi connectivity index (χ0v) is 8.51. The highest BCUT2D eigenvalue weighted by Crippen LogP contribution is 2.26. The second-order valence-corrected chi connectivity index (χ2v) is 5.10. The zero-order valence-electron chi connectivity index (χ0n) is 8.51. The van der Waals surface area contributed by atoms with E-state index in [9.17, 15) is 0 Å². The Hall–Kier alpha value is -0.0800. The van der Waals surface area contributed by atoms with Crippen LogP contribution in [-0.4, -0.2) is 47.6 Å². The lowest BCUT2D eigenvalue weighted by Gasteiger charge is -2.52. The van der Waals surface area contributed by atoms with E-state index in [1.54, 1.807) is 0 Å². The average molecular weight is 168 g/mol. The summed E-state index contributed by atoms with van der Waals surface area (Å²) in [5, 5.41) is 0. The first-order valence-electron chi connectivity index (χ1n) is 5.06. The minimum atomic E-state index is 0.377. The van der Waals surface area contributed by atoms with Gasteiger partial charge in [-0.25, -0.2) is 0 Å². The number of nitrogens with zero attached hydrogens (tertiary/aromatic N) is 2. The van der Waals surface area contributed by atoms with Crippen molar-refractivity contribution in [1.29, 1.82) is 0 Å². The molecule has 1 atom stereocenters. The average Bonchev–Trinajstić information content (AvgIpc) is 1.89. The minimum absolute atomic E-state index is 0.377. The Morgan fingerprint density at radius 1 is 1.08 bits per heavy atom. The van der Waals surface area contributed by atoms with Gasteiger partial charge in [-0.2, -0.15) is 0 Å². The molecule has 70 valence electrons. The number of hydrogen-bond donors (Lipinski definition) is 0. The summed E-state index contributed by atoms with van der Waals surface area (Å²) < 4.78 is 0. The van der Waals surface area contributed by atoms with Gasteiger partial charge in [0.25, 0.3) is 0 Å². The van der Waals surface area contributed by atoms with E-state index >= 15 is 0 Å². The van der Waals surface area contributed by atoms with Crippen molar-refractivity contribution in [3.05, 3.63) is 0 Å². The summed E-state index contributed by atoms with van der Waals surface area (Å²) in [7, 11) is 0.